The molecule has 0 N–H and O–H groups in total. The molecule has 3 aromatic rings. The van der Waals surface area contributed by atoms with Crippen molar-refractivity contribution < 1.29 is 9.32 Å². The minimum atomic E-state index is 0.0105. The van der Waals surface area contributed by atoms with Crippen LogP contribution in [-0.2, 0) is 6.54 Å². The summed E-state index contributed by atoms with van der Waals surface area (Å²) in [6.45, 7) is 5.36. The molecule has 0 unspecified atom stereocenters. The lowest BCUT2D eigenvalue weighted by molar-refractivity contribution is 0.0721. The quantitative estimate of drug-likeness (QED) is 0.738. The molecule has 1 aliphatic heterocycles. The third-order valence-electron chi connectivity index (χ3n) is 4.56. The van der Waals surface area contributed by atoms with Gasteiger partial charge in [0.2, 0.25) is 0 Å². The Hall–Kier alpha value is -2.70. The molecule has 4 heterocycles. The molecule has 1 saturated heterocycles. The van der Waals surface area contributed by atoms with Crippen LogP contribution >= 0.6 is 0 Å². The minimum Gasteiger partial charge on any atom is -0.336 e. The van der Waals surface area contributed by atoms with Gasteiger partial charge >= 0.3 is 0 Å². The highest BCUT2D eigenvalue weighted by Crippen LogP contribution is 2.23. The van der Waals surface area contributed by atoms with Gasteiger partial charge in [0.25, 0.3) is 11.6 Å². The van der Waals surface area contributed by atoms with Crippen molar-refractivity contribution in [1.82, 2.24) is 24.8 Å². The smallest absolute Gasteiger partial charge is 0.257 e. The lowest BCUT2D eigenvalue weighted by Gasteiger charge is -2.24. The summed E-state index contributed by atoms with van der Waals surface area (Å²) in [6, 6.07) is 1.99. The van der Waals surface area contributed by atoms with Crippen LogP contribution in [0.1, 0.15) is 34.5 Å². The lowest BCUT2D eigenvalue weighted by atomic mass is 10.1. The largest absolute Gasteiger partial charge is 0.336 e. The molecule has 1 fully saturated rings. The van der Waals surface area contributed by atoms with Crippen molar-refractivity contribution in [3.63, 3.8) is 0 Å². The topological polar surface area (TPSA) is 77.0 Å². The minimum absolute atomic E-state index is 0.0105. The van der Waals surface area contributed by atoms with Crippen molar-refractivity contribution in [3.05, 3.63) is 41.5 Å². The van der Waals surface area contributed by atoms with Crippen molar-refractivity contribution in [2.24, 2.45) is 0 Å². The molecule has 0 bridgehead atoms. The maximum atomic E-state index is 12.9. The molecule has 0 aliphatic carbocycles. The van der Waals surface area contributed by atoms with Crippen LogP contribution in [0.5, 0.6) is 0 Å². The van der Waals surface area contributed by atoms with E-state index in [9.17, 15) is 4.79 Å². The Labute approximate surface area is 139 Å². The number of carbonyl (C=O) groups excluding carboxylic acids is 1. The number of rotatable bonds is 3. The van der Waals surface area contributed by atoms with Crippen LogP contribution in [0.3, 0.4) is 0 Å². The van der Waals surface area contributed by atoms with Crippen LogP contribution in [0.4, 0.5) is 0 Å². The number of pyridine rings is 1. The van der Waals surface area contributed by atoms with Gasteiger partial charge in [-0.3, -0.25) is 9.48 Å². The van der Waals surface area contributed by atoms with Crippen molar-refractivity contribution >= 4 is 17.0 Å². The zero-order valence-corrected chi connectivity index (χ0v) is 13.8. The Balaban J connectivity index is 1.58. The number of fused-ring (bicyclic) bond motifs is 1. The van der Waals surface area contributed by atoms with Gasteiger partial charge in [0, 0.05) is 18.9 Å². The summed E-state index contributed by atoms with van der Waals surface area (Å²) in [4.78, 5) is 19.1. The third kappa shape index (κ3) is 2.55. The van der Waals surface area contributed by atoms with Gasteiger partial charge in [0.15, 0.2) is 0 Å². The van der Waals surface area contributed by atoms with E-state index in [-0.39, 0.29) is 11.9 Å². The molecule has 0 spiro atoms. The first kappa shape index (κ1) is 14.9. The Bertz CT molecular complexity index is 897. The summed E-state index contributed by atoms with van der Waals surface area (Å²) in [5, 5.41) is 9.02. The highest BCUT2D eigenvalue weighted by molar-refractivity contribution is 5.97. The number of nitrogens with zero attached hydrogens (tertiary/aromatic N) is 5. The summed E-state index contributed by atoms with van der Waals surface area (Å²) >= 11 is 0. The van der Waals surface area contributed by atoms with Crippen LogP contribution in [0.25, 0.3) is 11.1 Å². The normalized spacial score (nSPS) is 17.8. The molecule has 0 aromatic carbocycles. The molecule has 124 valence electrons. The van der Waals surface area contributed by atoms with E-state index in [2.05, 4.69) is 15.2 Å². The van der Waals surface area contributed by atoms with Gasteiger partial charge in [0.05, 0.1) is 35.4 Å². The van der Waals surface area contributed by atoms with Crippen molar-refractivity contribution in [1.29, 1.82) is 0 Å². The summed E-state index contributed by atoms with van der Waals surface area (Å²) in [5.41, 5.74) is 2.92. The summed E-state index contributed by atoms with van der Waals surface area (Å²) < 4.78 is 7.03. The maximum absolute atomic E-state index is 12.9. The highest BCUT2D eigenvalue weighted by atomic mass is 16.5. The first-order chi connectivity index (χ1) is 11.6. The molecule has 7 nitrogen and oxygen atoms in total. The first-order valence-corrected chi connectivity index (χ1v) is 8.14. The molecule has 4 rings (SSSR count). The Morgan fingerprint density at radius 3 is 3.04 bits per heavy atom. The summed E-state index contributed by atoms with van der Waals surface area (Å²) in [5.74, 6) is 0.0105. The number of aryl methyl sites for hydroxylation is 2. The van der Waals surface area contributed by atoms with Crippen LogP contribution < -0.4 is 0 Å². The Morgan fingerprint density at radius 2 is 2.25 bits per heavy atom. The maximum Gasteiger partial charge on any atom is 0.257 e. The van der Waals surface area contributed by atoms with Gasteiger partial charge < -0.3 is 9.42 Å². The fourth-order valence-electron chi connectivity index (χ4n) is 3.30. The molecule has 1 amide bonds. The van der Waals surface area contributed by atoms with E-state index < -0.39 is 0 Å². The first-order valence-electron chi connectivity index (χ1n) is 8.14. The fourth-order valence-corrected chi connectivity index (χ4v) is 3.30. The Morgan fingerprint density at radius 1 is 1.38 bits per heavy atom. The zero-order valence-electron chi connectivity index (χ0n) is 13.8. The van der Waals surface area contributed by atoms with E-state index in [4.69, 9.17) is 4.52 Å². The average molecular weight is 325 g/mol. The molecule has 3 aromatic heterocycles. The van der Waals surface area contributed by atoms with Crippen molar-refractivity contribution in [2.45, 2.75) is 39.3 Å². The van der Waals surface area contributed by atoms with Crippen molar-refractivity contribution in [2.75, 3.05) is 6.54 Å². The number of carbonyl (C=O) groups is 1. The lowest BCUT2D eigenvalue weighted by Crippen LogP contribution is -2.38. The number of likely N-dealkylation sites (tertiary alicyclic amines) is 1. The van der Waals surface area contributed by atoms with E-state index in [0.29, 0.717) is 11.3 Å². The van der Waals surface area contributed by atoms with Gasteiger partial charge in [-0.15, -0.1) is 0 Å². The predicted molar refractivity (Wildman–Crippen MR) is 87.6 cm³/mol. The Kier molecular flexibility index (Phi) is 3.55. The van der Waals surface area contributed by atoms with Crippen LogP contribution in [0, 0.1) is 13.8 Å². The number of amides is 1. The predicted octanol–water partition coefficient (Wildman–Crippen LogP) is 2.34. The fraction of sp³-hybridized carbons (Fsp3) is 0.412. The SMILES string of the molecule is Cc1cnn(C[C@H]2CCCN2C(=O)c2cnc3onc(C)c3c2)c1. The molecule has 7 heteroatoms. The van der Waals surface area contributed by atoms with Crippen LogP contribution in [0.2, 0.25) is 0 Å². The van der Waals surface area contributed by atoms with Gasteiger partial charge in [0.1, 0.15) is 0 Å². The van der Waals surface area contributed by atoms with E-state index >= 15 is 0 Å². The van der Waals surface area contributed by atoms with E-state index in [1.807, 2.05) is 41.9 Å². The molecule has 1 atom stereocenters. The summed E-state index contributed by atoms with van der Waals surface area (Å²) in [7, 11) is 0. The number of aromatic nitrogens is 4. The molecule has 24 heavy (non-hydrogen) atoms. The number of hydrogen-bond donors (Lipinski definition) is 0. The van der Waals surface area contributed by atoms with E-state index in [1.165, 1.54) is 0 Å². The van der Waals surface area contributed by atoms with Gasteiger partial charge in [-0.05, 0) is 38.3 Å². The summed E-state index contributed by atoms with van der Waals surface area (Å²) in [6.07, 6.45) is 7.43. The molecule has 1 aliphatic rings. The van der Waals surface area contributed by atoms with E-state index in [1.54, 1.807) is 6.20 Å². The van der Waals surface area contributed by atoms with Gasteiger partial charge in [-0.25, -0.2) is 4.98 Å². The average Bonchev–Trinajstić information content (AvgIpc) is 3.29. The van der Waals surface area contributed by atoms with Gasteiger partial charge in [-0.1, -0.05) is 5.16 Å². The van der Waals surface area contributed by atoms with Crippen LogP contribution in [-0.4, -0.2) is 43.3 Å². The number of hydrogen-bond acceptors (Lipinski definition) is 5. The zero-order chi connectivity index (χ0) is 16.7. The molecular formula is C17H19N5O2. The second-order valence-electron chi connectivity index (χ2n) is 6.38. The highest BCUT2D eigenvalue weighted by Gasteiger charge is 2.30. The second kappa shape index (κ2) is 5.74. The molecule has 0 radical (unpaired) electrons. The molecule has 0 saturated carbocycles. The van der Waals surface area contributed by atoms with Crippen molar-refractivity contribution in [3.8, 4) is 0 Å². The molecular weight excluding hydrogens is 306 g/mol. The monoisotopic (exact) mass is 325 g/mol. The van der Waals surface area contributed by atoms with E-state index in [0.717, 1.165) is 42.6 Å². The second-order valence-corrected chi connectivity index (χ2v) is 6.38. The van der Waals surface area contributed by atoms with Crippen LogP contribution in [0.15, 0.2) is 29.2 Å². The van der Waals surface area contributed by atoms with Gasteiger partial charge in [-0.2, -0.15) is 5.10 Å². The third-order valence-corrected chi connectivity index (χ3v) is 4.56. The standard InChI is InChI=1S/C17H19N5O2/c1-11-7-19-21(9-11)10-14-4-3-5-22(14)17(23)13-6-15-12(2)20-24-16(15)18-8-13/h6-9,14H,3-5,10H2,1-2H3/t14-/m1/s1.